The third kappa shape index (κ3) is 2.82. The Bertz CT molecular complexity index is 418. The first-order valence-electron chi connectivity index (χ1n) is 5.95. The number of aromatic amines is 1. The van der Waals surface area contributed by atoms with E-state index in [0.717, 1.165) is 12.8 Å². The molecule has 1 aromatic heterocycles. The summed E-state index contributed by atoms with van der Waals surface area (Å²) in [5.41, 5.74) is 0. The molecule has 98 valence electrons. The highest BCUT2D eigenvalue weighted by Crippen LogP contribution is 2.17. The summed E-state index contributed by atoms with van der Waals surface area (Å²) in [7, 11) is 0. The number of hydrogen-bond donors (Lipinski definition) is 2. The summed E-state index contributed by atoms with van der Waals surface area (Å²) in [5.74, 6) is 0.206. The molecule has 0 bridgehead atoms. The van der Waals surface area contributed by atoms with Gasteiger partial charge in [-0.25, -0.2) is 0 Å². The predicted octanol–water partition coefficient (Wildman–Crippen LogP) is -0.783. The summed E-state index contributed by atoms with van der Waals surface area (Å²) < 4.78 is 0. The zero-order valence-corrected chi connectivity index (χ0v) is 10.2. The molecule has 8 nitrogen and oxygen atoms in total. The fourth-order valence-electron chi connectivity index (χ4n) is 2.12. The van der Waals surface area contributed by atoms with E-state index in [0.29, 0.717) is 18.8 Å². The van der Waals surface area contributed by atoms with Gasteiger partial charge in [0, 0.05) is 13.5 Å². The average molecular weight is 252 g/mol. The van der Waals surface area contributed by atoms with Crippen LogP contribution in [-0.4, -0.2) is 49.9 Å². The van der Waals surface area contributed by atoms with Gasteiger partial charge in [0.15, 0.2) is 5.82 Å². The molecular formula is C10H16N6O2. The predicted molar refractivity (Wildman–Crippen MR) is 61.1 cm³/mol. The van der Waals surface area contributed by atoms with Crippen LogP contribution < -0.4 is 5.32 Å². The Kier molecular flexibility index (Phi) is 3.85. The van der Waals surface area contributed by atoms with Gasteiger partial charge in [-0.3, -0.25) is 9.59 Å². The van der Waals surface area contributed by atoms with Gasteiger partial charge in [-0.15, -0.1) is 10.2 Å². The Hall–Kier alpha value is -1.99. The largest absolute Gasteiger partial charge is 0.347 e. The SMILES string of the molecule is CC(=O)N1CCCCC1C(=O)NCc1nn[nH]n1. The minimum atomic E-state index is -0.372. The lowest BCUT2D eigenvalue weighted by atomic mass is 10.0. The van der Waals surface area contributed by atoms with Gasteiger partial charge in [0.1, 0.15) is 6.04 Å². The summed E-state index contributed by atoms with van der Waals surface area (Å²) in [6.07, 6.45) is 2.62. The molecule has 8 heteroatoms. The second kappa shape index (κ2) is 5.56. The number of hydrogen-bond acceptors (Lipinski definition) is 5. The molecule has 1 aromatic rings. The summed E-state index contributed by atoms with van der Waals surface area (Å²) in [6.45, 7) is 2.36. The molecule has 0 saturated carbocycles. The van der Waals surface area contributed by atoms with Crippen molar-refractivity contribution < 1.29 is 9.59 Å². The van der Waals surface area contributed by atoms with E-state index < -0.39 is 0 Å². The van der Waals surface area contributed by atoms with Gasteiger partial charge in [0.05, 0.1) is 6.54 Å². The van der Waals surface area contributed by atoms with E-state index in [1.807, 2.05) is 0 Å². The molecule has 0 spiro atoms. The molecule has 2 heterocycles. The van der Waals surface area contributed by atoms with E-state index in [-0.39, 0.29) is 24.4 Å². The van der Waals surface area contributed by atoms with Crippen LogP contribution in [0.5, 0.6) is 0 Å². The number of nitrogens with zero attached hydrogens (tertiary/aromatic N) is 4. The van der Waals surface area contributed by atoms with Gasteiger partial charge in [0.25, 0.3) is 0 Å². The van der Waals surface area contributed by atoms with Crippen molar-refractivity contribution in [3.05, 3.63) is 5.82 Å². The van der Waals surface area contributed by atoms with Gasteiger partial charge in [-0.1, -0.05) is 5.21 Å². The van der Waals surface area contributed by atoms with Crippen molar-refractivity contribution in [2.45, 2.75) is 38.8 Å². The van der Waals surface area contributed by atoms with Gasteiger partial charge < -0.3 is 10.2 Å². The topological polar surface area (TPSA) is 104 Å². The van der Waals surface area contributed by atoms with E-state index in [1.54, 1.807) is 4.90 Å². The van der Waals surface area contributed by atoms with E-state index in [9.17, 15) is 9.59 Å². The molecule has 1 fully saturated rings. The van der Waals surface area contributed by atoms with Crippen LogP contribution in [0.15, 0.2) is 0 Å². The van der Waals surface area contributed by atoms with Crippen molar-refractivity contribution in [1.82, 2.24) is 30.8 Å². The van der Waals surface area contributed by atoms with E-state index in [4.69, 9.17) is 0 Å². The molecule has 1 aliphatic rings. The van der Waals surface area contributed by atoms with Crippen molar-refractivity contribution >= 4 is 11.8 Å². The number of carbonyl (C=O) groups excluding carboxylic acids is 2. The number of tetrazole rings is 1. The minimum Gasteiger partial charge on any atom is -0.347 e. The Balaban J connectivity index is 1.92. The third-order valence-electron chi connectivity index (χ3n) is 3.02. The van der Waals surface area contributed by atoms with Crippen molar-refractivity contribution in [2.75, 3.05) is 6.54 Å². The van der Waals surface area contributed by atoms with Crippen LogP contribution in [0.3, 0.4) is 0 Å². The summed E-state index contributed by atoms with van der Waals surface area (Å²) in [5, 5.41) is 15.9. The molecule has 18 heavy (non-hydrogen) atoms. The lowest BCUT2D eigenvalue weighted by molar-refractivity contribution is -0.140. The second-order valence-electron chi connectivity index (χ2n) is 4.27. The van der Waals surface area contributed by atoms with Crippen LogP contribution in [0.4, 0.5) is 0 Å². The van der Waals surface area contributed by atoms with Crippen LogP contribution >= 0.6 is 0 Å². The number of carbonyl (C=O) groups is 2. The van der Waals surface area contributed by atoms with Crippen molar-refractivity contribution in [1.29, 1.82) is 0 Å². The first kappa shape index (κ1) is 12.5. The molecular weight excluding hydrogens is 236 g/mol. The van der Waals surface area contributed by atoms with Crippen LogP contribution in [0.2, 0.25) is 0 Å². The summed E-state index contributed by atoms with van der Waals surface area (Å²) in [6, 6.07) is -0.372. The normalized spacial score (nSPS) is 19.6. The molecule has 2 amide bonds. The molecule has 0 aliphatic carbocycles. The molecule has 0 aromatic carbocycles. The smallest absolute Gasteiger partial charge is 0.243 e. The number of nitrogens with one attached hydrogen (secondary N) is 2. The summed E-state index contributed by atoms with van der Waals surface area (Å²) in [4.78, 5) is 25.1. The molecule has 1 atom stereocenters. The number of likely N-dealkylation sites (tertiary alicyclic amines) is 1. The quantitative estimate of drug-likeness (QED) is 0.734. The van der Waals surface area contributed by atoms with Crippen molar-refractivity contribution in [3.63, 3.8) is 0 Å². The first-order chi connectivity index (χ1) is 8.68. The Morgan fingerprint density at radius 1 is 1.50 bits per heavy atom. The van der Waals surface area contributed by atoms with Crippen LogP contribution in [0.25, 0.3) is 0 Å². The molecule has 1 unspecified atom stereocenters. The fraction of sp³-hybridized carbons (Fsp3) is 0.700. The maximum atomic E-state index is 12.0. The highest BCUT2D eigenvalue weighted by atomic mass is 16.2. The van der Waals surface area contributed by atoms with E-state index >= 15 is 0 Å². The Labute approximate surface area is 104 Å². The number of amides is 2. The Morgan fingerprint density at radius 2 is 2.33 bits per heavy atom. The minimum absolute atomic E-state index is 0.0607. The highest BCUT2D eigenvalue weighted by Gasteiger charge is 2.30. The summed E-state index contributed by atoms with van der Waals surface area (Å²) >= 11 is 0. The average Bonchev–Trinajstić information content (AvgIpc) is 2.89. The van der Waals surface area contributed by atoms with Crippen LogP contribution in [-0.2, 0) is 16.1 Å². The number of aromatic nitrogens is 4. The third-order valence-corrected chi connectivity index (χ3v) is 3.02. The second-order valence-corrected chi connectivity index (χ2v) is 4.27. The molecule has 0 radical (unpaired) electrons. The van der Waals surface area contributed by atoms with Gasteiger partial charge in [0.2, 0.25) is 11.8 Å². The zero-order chi connectivity index (χ0) is 13.0. The molecule has 2 rings (SSSR count). The van der Waals surface area contributed by atoms with Gasteiger partial charge in [-0.05, 0) is 19.3 Å². The van der Waals surface area contributed by atoms with Gasteiger partial charge in [-0.2, -0.15) is 5.21 Å². The lowest BCUT2D eigenvalue weighted by Gasteiger charge is -2.33. The van der Waals surface area contributed by atoms with Crippen molar-refractivity contribution in [2.24, 2.45) is 0 Å². The highest BCUT2D eigenvalue weighted by molar-refractivity contribution is 5.87. The lowest BCUT2D eigenvalue weighted by Crippen LogP contribution is -2.51. The fourth-order valence-corrected chi connectivity index (χ4v) is 2.12. The maximum absolute atomic E-state index is 12.0. The monoisotopic (exact) mass is 252 g/mol. The van der Waals surface area contributed by atoms with Crippen LogP contribution in [0.1, 0.15) is 32.0 Å². The van der Waals surface area contributed by atoms with Crippen molar-refractivity contribution in [3.8, 4) is 0 Å². The number of piperidine rings is 1. The molecule has 2 N–H and O–H groups in total. The van der Waals surface area contributed by atoms with E-state index in [1.165, 1.54) is 6.92 Å². The maximum Gasteiger partial charge on any atom is 0.243 e. The van der Waals surface area contributed by atoms with Crippen LogP contribution in [0, 0.1) is 0 Å². The number of rotatable bonds is 3. The molecule has 1 saturated heterocycles. The standard InChI is InChI=1S/C10H16N6O2/c1-7(17)16-5-3-2-4-8(16)10(18)11-6-9-12-14-15-13-9/h8H,2-6H2,1H3,(H,11,18)(H,12,13,14,15). The number of H-pyrrole nitrogens is 1. The molecule has 1 aliphatic heterocycles. The van der Waals surface area contributed by atoms with E-state index in [2.05, 4.69) is 25.9 Å². The Morgan fingerprint density at radius 3 is 3.00 bits per heavy atom. The zero-order valence-electron chi connectivity index (χ0n) is 10.2. The first-order valence-corrected chi connectivity index (χ1v) is 5.95. The van der Waals surface area contributed by atoms with Gasteiger partial charge >= 0.3 is 0 Å².